The van der Waals surface area contributed by atoms with Gasteiger partial charge in [-0.3, -0.25) is 4.35 Å². The molecule has 1 aromatic heterocycles. The van der Waals surface area contributed by atoms with Crippen molar-refractivity contribution in [3.63, 3.8) is 0 Å². The summed E-state index contributed by atoms with van der Waals surface area (Å²) in [5.74, 6) is 0. The van der Waals surface area contributed by atoms with Crippen molar-refractivity contribution in [2.75, 3.05) is 0 Å². The minimum absolute atomic E-state index is 0.0370. The number of hydrogen-bond acceptors (Lipinski definition) is 2. The van der Waals surface area contributed by atoms with Crippen molar-refractivity contribution in [1.82, 2.24) is 14.4 Å². The predicted molar refractivity (Wildman–Crippen MR) is 29.7 cm³/mol. The average Bonchev–Trinajstić information content (AvgIpc) is 2.14. The molecule has 1 heterocycles. The molecule has 1 aromatic rings. The summed E-state index contributed by atoms with van der Waals surface area (Å²) in [5.41, 5.74) is 0. The van der Waals surface area contributed by atoms with Crippen LogP contribution in [-0.2, 0) is 0 Å². The Labute approximate surface area is 43.5 Å². The third-order valence-electron chi connectivity index (χ3n) is 0.624. The van der Waals surface area contributed by atoms with E-state index in [1.165, 1.54) is 6.33 Å². The van der Waals surface area contributed by atoms with E-state index in [0.717, 1.165) is 0 Å². The average molecular weight is 111 g/mol. The van der Waals surface area contributed by atoms with Crippen LogP contribution in [-0.4, -0.2) is 29.9 Å². The summed E-state index contributed by atoms with van der Waals surface area (Å²) in [5, 5.41) is 3.81. The molecule has 0 spiro atoms. The maximum atomic E-state index is 3.81. The largest absolute Gasteiger partial charge is 0.267 e. The van der Waals surface area contributed by atoms with Gasteiger partial charge < -0.3 is 0 Å². The molecule has 3 nitrogen and oxygen atoms in total. The number of aromatic nitrogens is 3. The van der Waals surface area contributed by atoms with Crippen LogP contribution in [0.3, 0.4) is 0 Å². The first-order valence-corrected chi connectivity index (χ1v) is 3.23. The summed E-state index contributed by atoms with van der Waals surface area (Å²) in [6.45, 7) is 0. The predicted octanol–water partition coefficient (Wildman–Crippen LogP) is -1.09. The molecule has 36 valence electrons. The minimum Gasteiger partial charge on any atom is -0.267 e. The Hall–Kier alpha value is -0.773. The van der Waals surface area contributed by atoms with Gasteiger partial charge in [-0.15, -0.1) is 0 Å². The first-order chi connectivity index (χ1) is 3.43. The highest BCUT2D eigenvalue weighted by molar-refractivity contribution is 6.38. The second kappa shape index (κ2) is 1.79. The van der Waals surface area contributed by atoms with E-state index in [2.05, 4.69) is 16.3 Å². The van der Waals surface area contributed by atoms with Gasteiger partial charge in [-0.2, -0.15) is 5.10 Å². The Kier molecular flexibility index (Phi) is 1.12. The van der Waals surface area contributed by atoms with E-state index in [9.17, 15) is 0 Å². The minimum atomic E-state index is 0.0370. The van der Waals surface area contributed by atoms with Crippen molar-refractivity contribution in [2.24, 2.45) is 0 Å². The standard InChI is InChI=1S/C3H5N3Si/c1-7-6-3-4-2-5-6/h2-3,7H,1H2. The van der Waals surface area contributed by atoms with Gasteiger partial charge in [0.2, 0.25) is 0 Å². The molecular weight excluding hydrogens is 106 g/mol. The molecule has 0 radical (unpaired) electrons. The van der Waals surface area contributed by atoms with E-state index in [0.29, 0.717) is 0 Å². The zero-order valence-corrected chi connectivity index (χ0v) is 4.94. The highest BCUT2D eigenvalue weighted by Gasteiger charge is 1.74. The zero-order chi connectivity index (χ0) is 5.11. The summed E-state index contributed by atoms with van der Waals surface area (Å²) in [7, 11) is 0.0370. The summed E-state index contributed by atoms with van der Waals surface area (Å²) in [6, 6.07) is 0. The normalized spacial score (nSPS) is 8.57. The first kappa shape index (κ1) is 4.39. The van der Waals surface area contributed by atoms with Gasteiger partial charge in [0, 0.05) is 0 Å². The van der Waals surface area contributed by atoms with Crippen molar-refractivity contribution in [1.29, 1.82) is 0 Å². The van der Waals surface area contributed by atoms with Gasteiger partial charge in [0.25, 0.3) is 0 Å². The van der Waals surface area contributed by atoms with E-state index in [4.69, 9.17) is 0 Å². The fraction of sp³-hybridized carbons (Fsp3) is 0. The maximum Gasteiger partial charge on any atom is 0.137 e. The second-order valence-electron chi connectivity index (χ2n) is 1.06. The molecule has 0 saturated carbocycles. The highest BCUT2D eigenvalue weighted by atomic mass is 28.2. The Morgan fingerprint density at radius 1 is 1.71 bits per heavy atom. The van der Waals surface area contributed by atoms with Crippen LogP contribution < -0.4 is 0 Å². The fourth-order valence-electron chi connectivity index (χ4n) is 0.312. The van der Waals surface area contributed by atoms with Crippen molar-refractivity contribution >= 4 is 15.5 Å². The molecule has 0 aliphatic rings. The third-order valence-corrected chi connectivity index (χ3v) is 1.26. The van der Waals surface area contributed by atoms with E-state index < -0.39 is 0 Å². The molecule has 0 aliphatic carbocycles. The molecule has 0 aromatic carbocycles. The number of rotatable bonds is 1. The molecule has 0 atom stereocenters. The third kappa shape index (κ3) is 0.804. The van der Waals surface area contributed by atoms with E-state index in [1.807, 2.05) is 0 Å². The lowest BCUT2D eigenvalue weighted by atomic mass is 11.3. The van der Waals surface area contributed by atoms with Gasteiger partial charge in [0.15, 0.2) is 0 Å². The quantitative estimate of drug-likeness (QED) is 0.431. The van der Waals surface area contributed by atoms with Crippen LogP contribution in [0.15, 0.2) is 12.7 Å². The van der Waals surface area contributed by atoms with Gasteiger partial charge in [-0.05, 0) is 0 Å². The fourth-order valence-corrected chi connectivity index (χ4v) is 0.637. The van der Waals surface area contributed by atoms with Gasteiger partial charge in [-0.1, -0.05) is 6.17 Å². The molecule has 0 bridgehead atoms. The molecule has 4 heteroatoms. The Morgan fingerprint density at radius 3 is 2.86 bits per heavy atom. The molecule has 1 rings (SSSR count). The van der Waals surface area contributed by atoms with Crippen molar-refractivity contribution in [3.05, 3.63) is 12.7 Å². The molecule has 0 unspecified atom stereocenters. The lowest BCUT2D eigenvalue weighted by Gasteiger charge is -1.78. The Bertz CT molecular complexity index is 145. The van der Waals surface area contributed by atoms with Crippen LogP contribution in [0.1, 0.15) is 0 Å². The van der Waals surface area contributed by atoms with Gasteiger partial charge in [0.1, 0.15) is 21.9 Å². The second-order valence-corrected chi connectivity index (χ2v) is 1.95. The number of hydrogen-bond donors (Lipinski definition) is 0. The van der Waals surface area contributed by atoms with Crippen LogP contribution in [0, 0.1) is 0 Å². The topological polar surface area (TPSA) is 30.7 Å². The van der Waals surface area contributed by atoms with Crippen molar-refractivity contribution < 1.29 is 0 Å². The van der Waals surface area contributed by atoms with Crippen LogP contribution in [0.4, 0.5) is 0 Å². The summed E-state index contributed by atoms with van der Waals surface area (Å²) in [6.07, 6.45) is 6.85. The van der Waals surface area contributed by atoms with Gasteiger partial charge in [-0.25, -0.2) is 4.98 Å². The Balaban J connectivity index is 2.96. The smallest absolute Gasteiger partial charge is 0.137 e. The summed E-state index contributed by atoms with van der Waals surface area (Å²) >= 11 is 0. The van der Waals surface area contributed by atoms with Crippen LogP contribution in [0.25, 0.3) is 0 Å². The number of nitrogens with zero attached hydrogens (tertiary/aromatic N) is 3. The molecular formula is C3H5N3Si. The maximum absolute atomic E-state index is 3.81. The molecule has 0 N–H and O–H groups in total. The molecule has 7 heavy (non-hydrogen) atoms. The zero-order valence-electron chi connectivity index (χ0n) is 3.78. The van der Waals surface area contributed by atoms with Crippen molar-refractivity contribution in [2.45, 2.75) is 0 Å². The van der Waals surface area contributed by atoms with Crippen LogP contribution in [0.5, 0.6) is 0 Å². The lowest BCUT2D eigenvalue weighted by molar-refractivity contribution is 0.988. The van der Waals surface area contributed by atoms with Crippen LogP contribution in [0.2, 0.25) is 0 Å². The lowest BCUT2D eigenvalue weighted by Crippen LogP contribution is -1.95. The van der Waals surface area contributed by atoms with Crippen LogP contribution >= 0.6 is 0 Å². The van der Waals surface area contributed by atoms with Gasteiger partial charge in [0.05, 0.1) is 0 Å². The Morgan fingerprint density at radius 2 is 2.57 bits per heavy atom. The highest BCUT2D eigenvalue weighted by Crippen LogP contribution is 1.65. The molecule has 0 aliphatic heterocycles. The van der Waals surface area contributed by atoms with Gasteiger partial charge >= 0.3 is 0 Å². The van der Waals surface area contributed by atoms with Crippen molar-refractivity contribution in [3.8, 4) is 0 Å². The van der Waals surface area contributed by atoms with E-state index in [1.54, 1.807) is 10.7 Å². The first-order valence-electron chi connectivity index (χ1n) is 1.90. The molecule has 0 saturated heterocycles. The SMILES string of the molecule is C=[SiH]n1cncn1. The molecule has 0 amide bonds. The summed E-state index contributed by atoms with van der Waals surface area (Å²) in [4.78, 5) is 3.73. The molecule has 0 fully saturated rings. The van der Waals surface area contributed by atoms with E-state index in [-0.39, 0.29) is 9.29 Å². The monoisotopic (exact) mass is 111 g/mol. The summed E-state index contributed by atoms with van der Waals surface area (Å²) < 4.78 is 1.74. The van der Waals surface area contributed by atoms with E-state index >= 15 is 0 Å².